The van der Waals surface area contributed by atoms with Crippen molar-refractivity contribution in [1.29, 1.82) is 0 Å². The zero-order chi connectivity index (χ0) is 17.2. The van der Waals surface area contributed by atoms with Crippen LogP contribution >= 0.6 is 0 Å². The van der Waals surface area contributed by atoms with Gasteiger partial charge in [0.2, 0.25) is 0 Å². The highest BCUT2D eigenvalue weighted by atomic mass is 16.7. The average molecular weight is 329 g/mol. The van der Waals surface area contributed by atoms with Crippen molar-refractivity contribution in [3.63, 3.8) is 0 Å². The summed E-state index contributed by atoms with van der Waals surface area (Å²) >= 11 is 0. The number of nitrogens with two attached hydrogens (primary N) is 1. The van der Waals surface area contributed by atoms with Gasteiger partial charge in [0, 0.05) is 12.1 Å². The Morgan fingerprint density at radius 1 is 1.04 bits per heavy atom. The van der Waals surface area contributed by atoms with Crippen LogP contribution < -0.4 is 15.2 Å². The molecule has 1 unspecified atom stereocenters. The number of rotatable bonds is 10. The Morgan fingerprint density at radius 2 is 1.83 bits per heavy atom. The number of benzene rings is 2. The molecule has 0 aliphatic carbocycles. The van der Waals surface area contributed by atoms with Crippen LogP contribution in [0.1, 0.15) is 31.4 Å². The van der Waals surface area contributed by atoms with Gasteiger partial charge in [-0.1, -0.05) is 43.3 Å². The van der Waals surface area contributed by atoms with Crippen molar-refractivity contribution in [3.8, 4) is 11.5 Å². The highest BCUT2D eigenvalue weighted by Crippen LogP contribution is 2.26. The molecule has 130 valence electrons. The summed E-state index contributed by atoms with van der Waals surface area (Å²) in [7, 11) is 0. The Hall–Kier alpha value is -2.04. The predicted molar refractivity (Wildman–Crippen MR) is 96.3 cm³/mol. The molecule has 2 aromatic carbocycles. The third-order valence-electron chi connectivity index (χ3n) is 3.46. The van der Waals surface area contributed by atoms with Crippen LogP contribution in [0.5, 0.6) is 11.5 Å². The van der Waals surface area contributed by atoms with Crippen LogP contribution in [0.3, 0.4) is 0 Å². The van der Waals surface area contributed by atoms with Crippen molar-refractivity contribution in [1.82, 2.24) is 0 Å². The second kappa shape index (κ2) is 9.96. The SMILES string of the molecule is CCCOc1ccc(CC(C)N)c(OCOCc2ccccc2)c1. The minimum atomic E-state index is 0.0694. The van der Waals surface area contributed by atoms with Gasteiger partial charge >= 0.3 is 0 Å². The summed E-state index contributed by atoms with van der Waals surface area (Å²) in [5.41, 5.74) is 8.11. The van der Waals surface area contributed by atoms with Gasteiger partial charge in [0.25, 0.3) is 0 Å². The van der Waals surface area contributed by atoms with Crippen LogP contribution in [0.4, 0.5) is 0 Å². The van der Waals surface area contributed by atoms with Crippen LogP contribution in [0.15, 0.2) is 48.5 Å². The van der Waals surface area contributed by atoms with E-state index in [-0.39, 0.29) is 12.8 Å². The molecule has 0 aliphatic heterocycles. The lowest BCUT2D eigenvalue weighted by Gasteiger charge is -2.15. The van der Waals surface area contributed by atoms with Crippen LogP contribution in [0.25, 0.3) is 0 Å². The maximum Gasteiger partial charge on any atom is 0.189 e. The lowest BCUT2D eigenvalue weighted by Crippen LogP contribution is -2.18. The largest absolute Gasteiger partial charge is 0.493 e. The highest BCUT2D eigenvalue weighted by molar-refractivity contribution is 5.41. The first-order valence-electron chi connectivity index (χ1n) is 8.44. The monoisotopic (exact) mass is 329 g/mol. The van der Waals surface area contributed by atoms with E-state index in [0.717, 1.165) is 35.5 Å². The molecule has 0 aromatic heterocycles. The molecule has 0 fully saturated rings. The van der Waals surface area contributed by atoms with Gasteiger partial charge in [0.1, 0.15) is 11.5 Å². The molecule has 4 heteroatoms. The summed E-state index contributed by atoms with van der Waals surface area (Å²) in [4.78, 5) is 0. The number of hydrogen-bond acceptors (Lipinski definition) is 4. The van der Waals surface area contributed by atoms with Crippen LogP contribution in [0, 0.1) is 0 Å². The normalized spacial score (nSPS) is 12.0. The minimum Gasteiger partial charge on any atom is -0.493 e. The zero-order valence-electron chi connectivity index (χ0n) is 14.5. The van der Waals surface area contributed by atoms with Crippen molar-refractivity contribution in [2.75, 3.05) is 13.4 Å². The smallest absolute Gasteiger partial charge is 0.189 e. The Labute approximate surface area is 144 Å². The zero-order valence-corrected chi connectivity index (χ0v) is 14.5. The molecule has 0 saturated heterocycles. The van der Waals surface area contributed by atoms with E-state index < -0.39 is 0 Å². The van der Waals surface area contributed by atoms with E-state index in [1.54, 1.807) is 0 Å². The molecule has 2 aromatic rings. The Morgan fingerprint density at radius 3 is 2.54 bits per heavy atom. The fourth-order valence-corrected chi connectivity index (χ4v) is 2.33. The Balaban J connectivity index is 1.94. The third kappa shape index (κ3) is 6.22. The Bertz CT molecular complexity index is 599. The first-order valence-corrected chi connectivity index (χ1v) is 8.44. The molecule has 0 spiro atoms. The van der Waals surface area contributed by atoms with Crippen LogP contribution in [-0.2, 0) is 17.8 Å². The van der Waals surface area contributed by atoms with Crippen molar-refractivity contribution in [2.45, 2.75) is 39.3 Å². The van der Waals surface area contributed by atoms with E-state index in [0.29, 0.717) is 13.2 Å². The maximum absolute atomic E-state index is 5.92. The van der Waals surface area contributed by atoms with Gasteiger partial charge in [-0.05, 0) is 37.0 Å². The third-order valence-corrected chi connectivity index (χ3v) is 3.46. The molecule has 0 amide bonds. The molecule has 1 atom stereocenters. The molecule has 2 N–H and O–H groups in total. The van der Waals surface area contributed by atoms with Gasteiger partial charge in [-0.25, -0.2) is 0 Å². The van der Waals surface area contributed by atoms with E-state index in [1.807, 2.05) is 55.5 Å². The average Bonchev–Trinajstić information content (AvgIpc) is 2.59. The molecule has 4 nitrogen and oxygen atoms in total. The van der Waals surface area contributed by atoms with Gasteiger partial charge in [-0.2, -0.15) is 0 Å². The van der Waals surface area contributed by atoms with Gasteiger partial charge < -0.3 is 19.9 Å². The lowest BCUT2D eigenvalue weighted by atomic mass is 10.1. The molecule has 2 rings (SSSR count). The van der Waals surface area contributed by atoms with E-state index in [4.69, 9.17) is 19.9 Å². The topological polar surface area (TPSA) is 53.7 Å². The summed E-state index contributed by atoms with van der Waals surface area (Å²) in [5, 5.41) is 0. The summed E-state index contributed by atoms with van der Waals surface area (Å²) in [6, 6.07) is 16.0. The highest BCUT2D eigenvalue weighted by Gasteiger charge is 2.09. The van der Waals surface area contributed by atoms with Crippen LogP contribution in [0.2, 0.25) is 0 Å². The summed E-state index contributed by atoms with van der Waals surface area (Å²) in [5.74, 6) is 1.58. The molecule has 24 heavy (non-hydrogen) atoms. The van der Waals surface area contributed by atoms with Crippen LogP contribution in [-0.4, -0.2) is 19.4 Å². The van der Waals surface area contributed by atoms with Gasteiger partial charge in [0.15, 0.2) is 6.79 Å². The number of ether oxygens (including phenoxy) is 3. The minimum absolute atomic E-state index is 0.0694. The first kappa shape index (κ1) is 18.3. The quantitative estimate of drug-likeness (QED) is 0.530. The summed E-state index contributed by atoms with van der Waals surface area (Å²) in [6.45, 7) is 5.47. The predicted octanol–water partition coefficient (Wildman–Crippen LogP) is 3.92. The number of hydrogen-bond donors (Lipinski definition) is 1. The molecular formula is C20H27NO3. The fraction of sp³-hybridized carbons (Fsp3) is 0.400. The van der Waals surface area contributed by atoms with E-state index in [1.165, 1.54) is 0 Å². The molecule has 0 bridgehead atoms. The summed E-state index contributed by atoms with van der Waals surface area (Å²) < 4.78 is 17.1. The second-order valence-corrected chi connectivity index (χ2v) is 5.90. The molecule has 0 saturated carbocycles. The molecule has 0 heterocycles. The summed E-state index contributed by atoms with van der Waals surface area (Å²) in [6.07, 6.45) is 1.72. The first-order chi connectivity index (χ1) is 11.7. The molecule has 0 radical (unpaired) electrons. The Kier molecular flexibility index (Phi) is 7.59. The molecular weight excluding hydrogens is 302 g/mol. The molecule has 0 aliphatic rings. The van der Waals surface area contributed by atoms with E-state index in [9.17, 15) is 0 Å². The van der Waals surface area contributed by atoms with E-state index in [2.05, 4.69) is 6.92 Å². The van der Waals surface area contributed by atoms with Gasteiger partial charge in [0.05, 0.1) is 13.2 Å². The van der Waals surface area contributed by atoms with Crippen molar-refractivity contribution in [2.24, 2.45) is 5.73 Å². The van der Waals surface area contributed by atoms with Crippen molar-refractivity contribution >= 4 is 0 Å². The van der Waals surface area contributed by atoms with Crippen molar-refractivity contribution < 1.29 is 14.2 Å². The standard InChI is InChI=1S/C20H27NO3/c1-3-11-23-19-10-9-18(12-16(2)21)20(13-19)24-15-22-14-17-7-5-4-6-8-17/h4-10,13,16H,3,11-12,14-15,21H2,1-2H3. The lowest BCUT2D eigenvalue weighted by molar-refractivity contribution is 0.00439. The fourth-order valence-electron chi connectivity index (χ4n) is 2.33. The maximum atomic E-state index is 5.92. The van der Waals surface area contributed by atoms with Crippen molar-refractivity contribution in [3.05, 3.63) is 59.7 Å². The van der Waals surface area contributed by atoms with Gasteiger partial charge in [-0.15, -0.1) is 0 Å². The van der Waals surface area contributed by atoms with E-state index >= 15 is 0 Å². The van der Waals surface area contributed by atoms with Gasteiger partial charge in [-0.3, -0.25) is 0 Å². The second-order valence-electron chi connectivity index (χ2n) is 5.90.